The molecule has 0 N–H and O–H groups in total. The van der Waals surface area contributed by atoms with Crippen molar-refractivity contribution >= 4 is 11.5 Å². The minimum absolute atomic E-state index is 0.117. The van der Waals surface area contributed by atoms with E-state index in [9.17, 15) is 17.6 Å². The fourth-order valence-electron chi connectivity index (χ4n) is 2.39. The summed E-state index contributed by atoms with van der Waals surface area (Å²) in [5.41, 5.74) is 0.158. The smallest absolute Gasteiger partial charge is 0.421 e. The number of rotatable bonds is 5. The van der Waals surface area contributed by atoms with Crippen molar-refractivity contribution in [2.45, 2.75) is 12.8 Å². The minimum Gasteiger partial charge on any atom is -0.459 e. The molecule has 0 radical (unpaired) electrons. The summed E-state index contributed by atoms with van der Waals surface area (Å²) in [7, 11) is 1.41. The van der Waals surface area contributed by atoms with Crippen LogP contribution in [0.1, 0.15) is 11.1 Å². The van der Waals surface area contributed by atoms with Crippen molar-refractivity contribution in [2.75, 3.05) is 11.9 Å². The van der Waals surface area contributed by atoms with Crippen molar-refractivity contribution in [2.24, 2.45) is 0 Å². The Morgan fingerprint density at radius 3 is 2.30 bits per heavy atom. The Kier molecular flexibility index (Phi) is 5.25. The second kappa shape index (κ2) is 7.61. The zero-order valence-electron chi connectivity index (χ0n) is 14.2. The molecule has 1 heterocycles. The topological polar surface area (TPSA) is 38.2 Å². The fourth-order valence-corrected chi connectivity index (χ4v) is 2.39. The molecular weight excluding hydrogens is 362 g/mol. The van der Waals surface area contributed by atoms with Gasteiger partial charge in [0.15, 0.2) is 5.82 Å². The van der Waals surface area contributed by atoms with Gasteiger partial charge in [0.2, 0.25) is 0 Å². The lowest BCUT2D eigenvalue weighted by Crippen LogP contribution is -2.19. The van der Waals surface area contributed by atoms with Crippen LogP contribution in [0.3, 0.4) is 0 Å². The van der Waals surface area contributed by atoms with Crippen LogP contribution in [0.2, 0.25) is 0 Å². The number of nitrogens with zero attached hydrogens (tertiary/aromatic N) is 3. The van der Waals surface area contributed by atoms with E-state index in [4.69, 9.17) is 4.74 Å². The molecule has 0 spiro atoms. The lowest BCUT2D eigenvalue weighted by Gasteiger charge is -2.22. The van der Waals surface area contributed by atoms with Crippen molar-refractivity contribution in [1.82, 2.24) is 9.97 Å². The van der Waals surface area contributed by atoms with Crippen molar-refractivity contribution in [3.05, 3.63) is 77.7 Å². The molecule has 27 heavy (non-hydrogen) atoms. The highest BCUT2D eigenvalue weighted by molar-refractivity contribution is 5.62. The molecule has 0 aliphatic rings. The normalized spacial score (nSPS) is 11.3. The van der Waals surface area contributed by atoms with Crippen LogP contribution in [0.25, 0.3) is 0 Å². The second-order valence-electron chi connectivity index (χ2n) is 5.70. The maximum Gasteiger partial charge on any atom is 0.421 e. The van der Waals surface area contributed by atoms with Gasteiger partial charge in [-0.2, -0.15) is 18.2 Å². The van der Waals surface area contributed by atoms with Crippen LogP contribution in [0.4, 0.5) is 29.1 Å². The largest absolute Gasteiger partial charge is 0.459 e. The van der Waals surface area contributed by atoms with Gasteiger partial charge < -0.3 is 9.64 Å². The van der Waals surface area contributed by atoms with Crippen molar-refractivity contribution in [1.29, 1.82) is 0 Å². The summed E-state index contributed by atoms with van der Waals surface area (Å²) in [6.07, 6.45) is -3.97. The monoisotopic (exact) mass is 377 g/mol. The van der Waals surface area contributed by atoms with Crippen LogP contribution < -0.4 is 9.64 Å². The molecule has 0 bridgehead atoms. The zero-order chi connectivity index (χ0) is 19.4. The molecule has 0 saturated carbocycles. The molecule has 2 aromatic carbocycles. The van der Waals surface area contributed by atoms with E-state index >= 15 is 0 Å². The number of hydrogen-bond donors (Lipinski definition) is 0. The first kappa shape index (κ1) is 18.6. The van der Waals surface area contributed by atoms with Crippen LogP contribution in [-0.4, -0.2) is 17.0 Å². The third-order valence-corrected chi connectivity index (χ3v) is 3.79. The Morgan fingerprint density at radius 2 is 1.67 bits per heavy atom. The number of hydrogen-bond acceptors (Lipinski definition) is 4. The molecule has 8 heteroatoms. The molecule has 1 aromatic heterocycles. The van der Waals surface area contributed by atoms with Crippen LogP contribution in [0, 0.1) is 5.82 Å². The van der Waals surface area contributed by atoms with Crippen molar-refractivity contribution < 1.29 is 22.3 Å². The molecule has 4 nitrogen and oxygen atoms in total. The minimum atomic E-state index is -4.65. The Morgan fingerprint density at radius 1 is 1.00 bits per heavy atom. The molecular formula is C19H15F4N3O. The standard InChI is InChI=1S/C19H15F4N3O/c1-26(15-9-7-14(20)8-10-15)17-16(19(21,22)23)11-24-18(25-17)27-12-13-5-3-2-4-6-13/h2-11H,12H2,1H3. The van der Waals surface area contributed by atoms with Gasteiger partial charge in [0.05, 0.1) is 0 Å². The molecule has 0 aliphatic heterocycles. The van der Waals surface area contributed by atoms with Crippen LogP contribution in [-0.2, 0) is 12.8 Å². The zero-order valence-corrected chi connectivity index (χ0v) is 14.2. The number of halogens is 4. The lowest BCUT2D eigenvalue weighted by molar-refractivity contribution is -0.137. The molecule has 0 unspecified atom stereocenters. The first-order valence-electron chi connectivity index (χ1n) is 7.95. The number of ether oxygens (including phenoxy) is 1. The highest BCUT2D eigenvalue weighted by Crippen LogP contribution is 2.37. The molecule has 0 fully saturated rings. The number of alkyl halides is 3. The van der Waals surface area contributed by atoms with E-state index in [1.54, 1.807) is 0 Å². The Balaban J connectivity index is 1.92. The summed E-state index contributed by atoms with van der Waals surface area (Å²) in [5, 5.41) is 0. The van der Waals surface area contributed by atoms with E-state index in [2.05, 4.69) is 9.97 Å². The van der Waals surface area contributed by atoms with Gasteiger partial charge in [-0.15, -0.1) is 0 Å². The predicted octanol–water partition coefficient (Wildman–Crippen LogP) is 4.98. The van der Waals surface area contributed by atoms with E-state index in [-0.39, 0.29) is 18.4 Å². The highest BCUT2D eigenvalue weighted by Gasteiger charge is 2.36. The lowest BCUT2D eigenvalue weighted by atomic mass is 10.2. The summed E-state index contributed by atoms with van der Waals surface area (Å²) >= 11 is 0. The van der Waals surface area contributed by atoms with Gasteiger partial charge in [-0.1, -0.05) is 30.3 Å². The van der Waals surface area contributed by atoms with Gasteiger partial charge in [-0.25, -0.2) is 9.37 Å². The van der Waals surface area contributed by atoms with Crippen LogP contribution in [0.15, 0.2) is 60.8 Å². The summed E-state index contributed by atoms with van der Waals surface area (Å²) in [6.45, 7) is 0.117. The molecule has 0 aliphatic carbocycles. The van der Waals surface area contributed by atoms with Crippen LogP contribution >= 0.6 is 0 Å². The molecule has 3 rings (SSSR count). The van der Waals surface area contributed by atoms with E-state index in [1.807, 2.05) is 30.3 Å². The highest BCUT2D eigenvalue weighted by atomic mass is 19.4. The third-order valence-electron chi connectivity index (χ3n) is 3.79. The van der Waals surface area contributed by atoms with Crippen molar-refractivity contribution in [3.8, 4) is 6.01 Å². The van der Waals surface area contributed by atoms with Gasteiger partial charge >= 0.3 is 12.2 Å². The van der Waals surface area contributed by atoms with Gasteiger partial charge in [0.1, 0.15) is 18.0 Å². The number of benzene rings is 2. The first-order valence-corrected chi connectivity index (χ1v) is 7.95. The number of anilines is 2. The number of aromatic nitrogens is 2. The summed E-state index contributed by atoms with van der Waals surface area (Å²) in [4.78, 5) is 8.81. The molecule has 0 amide bonds. The third kappa shape index (κ3) is 4.52. The summed E-state index contributed by atoms with van der Waals surface area (Å²) in [5.74, 6) is -0.870. The Hall–Kier alpha value is -3.16. The summed E-state index contributed by atoms with van der Waals surface area (Å²) in [6, 6.07) is 14.0. The predicted molar refractivity (Wildman–Crippen MR) is 92.3 cm³/mol. The van der Waals surface area contributed by atoms with E-state index in [0.29, 0.717) is 11.9 Å². The maximum absolute atomic E-state index is 13.4. The van der Waals surface area contributed by atoms with Crippen LogP contribution in [0.5, 0.6) is 6.01 Å². The average Bonchev–Trinajstić information content (AvgIpc) is 2.66. The molecule has 0 saturated heterocycles. The molecule has 3 aromatic rings. The van der Waals surface area contributed by atoms with Gasteiger partial charge in [0.25, 0.3) is 0 Å². The Labute approximate surface area is 153 Å². The van der Waals surface area contributed by atoms with E-state index < -0.39 is 17.6 Å². The molecule has 140 valence electrons. The Bertz CT molecular complexity index is 899. The summed E-state index contributed by atoms with van der Waals surface area (Å²) < 4.78 is 58.6. The maximum atomic E-state index is 13.4. The first-order chi connectivity index (χ1) is 12.8. The van der Waals surface area contributed by atoms with Crippen molar-refractivity contribution in [3.63, 3.8) is 0 Å². The van der Waals surface area contributed by atoms with Gasteiger partial charge in [-0.3, -0.25) is 0 Å². The quantitative estimate of drug-likeness (QED) is 0.588. The average molecular weight is 377 g/mol. The van der Waals surface area contributed by atoms with Gasteiger partial charge in [0, 0.05) is 18.9 Å². The van der Waals surface area contributed by atoms with E-state index in [1.165, 1.54) is 24.1 Å². The van der Waals surface area contributed by atoms with Gasteiger partial charge in [-0.05, 0) is 29.8 Å². The SMILES string of the molecule is CN(c1ccc(F)cc1)c1nc(OCc2ccccc2)ncc1C(F)(F)F. The van der Waals surface area contributed by atoms with E-state index in [0.717, 1.165) is 17.7 Å². The fraction of sp³-hybridized carbons (Fsp3) is 0.158. The molecule has 0 atom stereocenters. The second-order valence-corrected chi connectivity index (χ2v) is 5.70.